The van der Waals surface area contributed by atoms with E-state index in [0.717, 1.165) is 68.7 Å². The van der Waals surface area contributed by atoms with Crippen molar-refractivity contribution in [2.75, 3.05) is 5.32 Å². The molecule has 0 saturated carbocycles. The van der Waals surface area contributed by atoms with Crippen molar-refractivity contribution in [2.45, 2.75) is 26.2 Å². The first-order valence-corrected chi connectivity index (χ1v) is 12.7. The van der Waals surface area contributed by atoms with Crippen LogP contribution in [0.25, 0.3) is 45.1 Å². The molecule has 186 valence electrons. The number of anilines is 1. The number of fused-ring (bicyclic) bond motifs is 2. The van der Waals surface area contributed by atoms with Gasteiger partial charge in [-0.05, 0) is 71.7 Å². The molecule has 1 amide bonds. The van der Waals surface area contributed by atoms with Crippen LogP contribution in [0.15, 0.2) is 85.1 Å². The van der Waals surface area contributed by atoms with Gasteiger partial charge in [-0.25, -0.2) is 0 Å². The predicted molar refractivity (Wildman–Crippen MR) is 151 cm³/mol. The van der Waals surface area contributed by atoms with Crippen molar-refractivity contribution in [3.8, 4) is 22.5 Å². The lowest BCUT2D eigenvalue weighted by Crippen LogP contribution is -2.11. The molecule has 0 fully saturated rings. The number of benzene rings is 1. The fourth-order valence-electron chi connectivity index (χ4n) is 4.70. The van der Waals surface area contributed by atoms with Crippen molar-refractivity contribution in [1.29, 1.82) is 0 Å². The van der Waals surface area contributed by atoms with Crippen LogP contribution in [0.4, 0.5) is 5.69 Å². The average molecular weight is 499 g/mol. The van der Waals surface area contributed by atoms with Crippen LogP contribution < -0.4 is 5.32 Å². The summed E-state index contributed by atoms with van der Waals surface area (Å²) in [6.45, 7) is 2.07. The standard InChI is InChI=1S/C31H26N6O/c1-2-3-8-30(38)34-23-15-22(18-33-19-23)21-9-10-28-26(16-21)31(37-36-28)29-17-25-24(20-11-13-32-14-12-20)6-4-5-7-27(25)35-29/h4,6-7,9-19,35H,2-3,8H2,1H3,(H,34,38)(H,36,37). The van der Waals surface area contributed by atoms with Crippen molar-refractivity contribution in [2.24, 2.45) is 0 Å². The fraction of sp³-hybridized carbons (Fsp3) is 0.129. The number of aromatic nitrogens is 5. The molecule has 3 N–H and O–H groups in total. The van der Waals surface area contributed by atoms with E-state index in [9.17, 15) is 4.79 Å². The van der Waals surface area contributed by atoms with E-state index in [4.69, 9.17) is 0 Å². The number of nitrogens with zero attached hydrogens (tertiary/aromatic N) is 3. The predicted octanol–water partition coefficient (Wildman–Crippen LogP) is 6.76. The highest BCUT2D eigenvalue weighted by molar-refractivity contribution is 5.97. The quantitative estimate of drug-likeness (QED) is 0.216. The first-order valence-electron chi connectivity index (χ1n) is 12.7. The number of carbonyl (C=O) groups excluding carboxylic acids is 1. The number of hydrogen-bond donors (Lipinski definition) is 3. The van der Waals surface area contributed by atoms with Gasteiger partial charge < -0.3 is 10.3 Å². The smallest absolute Gasteiger partial charge is 0.224 e. The molecule has 1 aromatic carbocycles. The van der Waals surface area contributed by atoms with Gasteiger partial charge in [-0.15, -0.1) is 5.73 Å². The van der Waals surface area contributed by atoms with Gasteiger partial charge in [0.05, 0.1) is 28.8 Å². The molecule has 0 spiro atoms. The number of nitrogens with one attached hydrogen (secondary N) is 3. The van der Waals surface area contributed by atoms with E-state index in [2.05, 4.69) is 61.3 Å². The molecule has 1 aliphatic carbocycles. The van der Waals surface area contributed by atoms with E-state index < -0.39 is 0 Å². The Hall–Kier alpha value is -5.00. The highest BCUT2D eigenvalue weighted by Gasteiger charge is 2.18. The Labute approximate surface area is 220 Å². The SMILES string of the molecule is CCCCC(=O)Nc1cncc(-c2ccc3[nH]nc(-c4cc5c([nH]4)C=C=CC=C5c4ccncc4)c3c2)c1. The summed E-state index contributed by atoms with van der Waals surface area (Å²) in [6, 6.07) is 14.3. The Morgan fingerprint density at radius 1 is 1.00 bits per heavy atom. The Bertz CT molecular complexity index is 1730. The molecule has 7 heteroatoms. The molecular formula is C31H26N6O. The summed E-state index contributed by atoms with van der Waals surface area (Å²) < 4.78 is 0. The van der Waals surface area contributed by atoms with Crippen LogP contribution in [-0.2, 0) is 4.79 Å². The normalized spacial score (nSPS) is 12.3. The number of rotatable bonds is 7. The number of H-pyrrole nitrogens is 2. The third kappa shape index (κ3) is 4.59. The van der Waals surface area contributed by atoms with Crippen LogP contribution in [0.3, 0.4) is 0 Å². The van der Waals surface area contributed by atoms with Crippen LogP contribution in [0, 0.1) is 0 Å². The second kappa shape index (κ2) is 10.2. The van der Waals surface area contributed by atoms with Gasteiger partial charge in [-0.1, -0.05) is 19.4 Å². The second-order valence-corrected chi connectivity index (χ2v) is 9.25. The second-order valence-electron chi connectivity index (χ2n) is 9.25. The lowest BCUT2D eigenvalue weighted by atomic mass is 9.98. The van der Waals surface area contributed by atoms with Crippen LogP contribution in [0.2, 0.25) is 0 Å². The lowest BCUT2D eigenvalue weighted by Gasteiger charge is -2.07. The Kier molecular flexibility index (Phi) is 6.26. The fourth-order valence-corrected chi connectivity index (χ4v) is 4.70. The summed E-state index contributed by atoms with van der Waals surface area (Å²) in [7, 11) is 0. The minimum Gasteiger partial charge on any atom is -0.353 e. The maximum Gasteiger partial charge on any atom is 0.224 e. The van der Waals surface area contributed by atoms with Gasteiger partial charge in [0.25, 0.3) is 0 Å². The zero-order valence-corrected chi connectivity index (χ0v) is 21.0. The molecule has 7 nitrogen and oxygen atoms in total. The zero-order valence-electron chi connectivity index (χ0n) is 21.0. The molecule has 5 aromatic rings. The van der Waals surface area contributed by atoms with Crippen LogP contribution >= 0.6 is 0 Å². The summed E-state index contributed by atoms with van der Waals surface area (Å²) in [5.74, 6) is 0.00830. The molecule has 0 radical (unpaired) electrons. The summed E-state index contributed by atoms with van der Waals surface area (Å²) in [5, 5.41) is 11.8. The Morgan fingerprint density at radius 2 is 1.89 bits per heavy atom. The molecule has 0 atom stereocenters. The number of aromatic amines is 2. The van der Waals surface area contributed by atoms with Gasteiger partial charge >= 0.3 is 0 Å². The maximum atomic E-state index is 12.2. The monoisotopic (exact) mass is 498 g/mol. The van der Waals surface area contributed by atoms with Gasteiger partial charge in [-0.3, -0.25) is 19.9 Å². The molecule has 0 aliphatic heterocycles. The van der Waals surface area contributed by atoms with Crippen molar-refractivity contribution in [3.63, 3.8) is 0 Å². The summed E-state index contributed by atoms with van der Waals surface area (Å²) >= 11 is 0. The highest BCUT2D eigenvalue weighted by Crippen LogP contribution is 2.35. The topological polar surface area (TPSA) is 99.4 Å². The van der Waals surface area contributed by atoms with E-state index in [1.165, 1.54) is 0 Å². The summed E-state index contributed by atoms with van der Waals surface area (Å²) in [6.07, 6.45) is 15.4. The van der Waals surface area contributed by atoms with E-state index in [1.807, 2.05) is 48.7 Å². The third-order valence-corrected chi connectivity index (χ3v) is 6.63. The number of amides is 1. The number of pyridine rings is 2. The molecule has 4 aromatic heterocycles. The van der Waals surface area contributed by atoms with Gasteiger partial charge in [-0.2, -0.15) is 5.10 Å². The van der Waals surface area contributed by atoms with E-state index in [-0.39, 0.29) is 5.91 Å². The highest BCUT2D eigenvalue weighted by atomic mass is 16.1. The van der Waals surface area contributed by atoms with Crippen LogP contribution in [0.1, 0.15) is 43.0 Å². The molecule has 4 heterocycles. The molecule has 0 unspecified atom stereocenters. The van der Waals surface area contributed by atoms with Crippen LogP contribution in [0.5, 0.6) is 0 Å². The molecule has 1 aliphatic rings. The van der Waals surface area contributed by atoms with Gasteiger partial charge in [0.15, 0.2) is 0 Å². The Morgan fingerprint density at radius 3 is 2.76 bits per heavy atom. The largest absolute Gasteiger partial charge is 0.353 e. The van der Waals surface area contributed by atoms with Crippen molar-refractivity contribution >= 4 is 34.1 Å². The third-order valence-electron chi connectivity index (χ3n) is 6.63. The first kappa shape index (κ1) is 23.4. The molecule has 0 saturated heterocycles. The first-order chi connectivity index (χ1) is 18.7. The van der Waals surface area contributed by atoms with Crippen molar-refractivity contribution < 1.29 is 4.79 Å². The maximum absolute atomic E-state index is 12.2. The number of allylic oxidation sites excluding steroid dienone is 2. The Balaban J connectivity index is 1.36. The van der Waals surface area contributed by atoms with Gasteiger partial charge in [0, 0.05) is 47.6 Å². The van der Waals surface area contributed by atoms with Crippen LogP contribution in [-0.4, -0.2) is 31.1 Å². The summed E-state index contributed by atoms with van der Waals surface area (Å²) in [4.78, 5) is 24.3. The molecule has 38 heavy (non-hydrogen) atoms. The lowest BCUT2D eigenvalue weighted by molar-refractivity contribution is -0.116. The molecule has 0 bridgehead atoms. The van der Waals surface area contributed by atoms with Gasteiger partial charge in [0.1, 0.15) is 5.69 Å². The van der Waals surface area contributed by atoms with E-state index in [0.29, 0.717) is 12.1 Å². The van der Waals surface area contributed by atoms with Crippen molar-refractivity contribution in [3.05, 3.63) is 102 Å². The minimum atomic E-state index is 0.00830. The summed E-state index contributed by atoms with van der Waals surface area (Å²) in [5.41, 5.74) is 12.7. The van der Waals surface area contributed by atoms with E-state index in [1.54, 1.807) is 18.6 Å². The average Bonchev–Trinajstić information content (AvgIpc) is 3.51. The molecule has 6 rings (SSSR count). The molecular weight excluding hydrogens is 472 g/mol. The number of carbonyl (C=O) groups is 1. The minimum absolute atomic E-state index is 0.00830. The van der Waals surface area contributed by atoms with Crippen molar-refractivity contribution in [1.82, 2.24) is 25.1 Å². The zero-order chi connectivity index (χ0) is 25.9. The van der Waals surface area contributed by atoms with Gasteiger partial charge in [0.2, 0.25) is 5.91 Å². The number of unbranched alkanes of at least 4 members (excludes halogenated alkanes) is 1. The van der Waals surface area contributed by atoms with E-state index >= 15 is 0 Å². The number of hydrogen-bond acceptors (Lipinski definition) is 4.